The molecule has 0 fully saturated rings. The van der Waals surface area contributed by atoms with E-state index in [1.54, 1.807) is 16.7 Å². The molecule has 0 aliphatic rings. The summed E-state index contributed by atoms with van der Waals surface area (Å²) in [6.07, 6.45) is 3.28. The van der Waals surface area contributed by atoms with Crippen molar-refractivity contribution in [1.82, 2.24) is 4.57 Å². The molecule has 0 saturated carbocycles. The average molecular weight is 175 g/mol. The molecule has 2 N–H and O–H groups in total. The summed E-state index contributed by atoms with van der Waals surface area (Å²) in [5.74, 6) is -0.705. The average Bonchev–Trinajstić information content (AvgIpc) is 2.46. The van der Waals surface area contributed by atoms with Crippen LogP contribution in [0.4, 0.5) is 0 Å². The number of nitrogens with two attached hydrogens (primary N) is 1. The highest BCUT2D eigenvalue weighted by Gasteiger charge is 2.03. The van der Waals surface area contributed by atoms with E-state index < -0.39 is 5.91 Å². The molecule has 0 radical (unpaired) electrons. The molecule has 4 heteroatoms. The Morgan fingerprint density at radius 1 is 1.77 bits per heavy atom. The first-order valence-electron chi connectivity index (χ1n) is 3.68. The van der Waals surface area contributed by atoms with Crippen LogP contribution in [-0.2, 0) is 11.8 Å². The minimum absolute atomic E-state index is 0.0400. The monoisotopic (exact) mass is 175 g/mol. The molecule has 0 aromatic carbocycles. The third-order valence-electron chi connectivity index (χ3n) is 1.66. The van der Waals surface area contributed by atoms with Gasteiger partial charge in [0.15, 0.2) is 0 Å². The van der Waals surface area contributed by atoms with E-state index in [1.165, 1.54) is 6.08 Å². The SMILES string of the molecule is Cn1cccc1/C=C(\C#N)C(N)=O. The van der Waals surface area contributed by atoms with Crippen LogP contribution in [0.25, 0.3) is 6.08 Å². The van der Waals surface area contributed by atoms with Gasteiger partial charge in [-0.3, -0.25) is 4.79 Å². The number of amides is 1. The van der Waals surface area contributed by atoms with Crippen molar-refractivity contribution in [3.63, 3.8) is 0 Å². The number of nitrogens with zero attached hydrogens (tertiary/aromatic N) is 2. The normalized spacial score (nSPS) is 10.9. The van der Waals surface area contributed by atoms with E-state index in [9.17, 15) is 4.79 Å². The summed E-state index contributed by atoms with van der Waals surface area (Å²) in [4.78, 5) is 10.7. The second kappa shape index (κ2) is 3.59. The van der Waals surface area contributed by atoms with E-state index in [-0.39, 0.29) is 5.57 Å². The highest BCUT2D eigenvalue weighted by atomic mass is 16.1. The van der Waals surface area contributed by atoms with Crippen LogP contribution < -0.4 is 5.73 Å². The summed E-state index contributed by atoms with van der Waals surface area (Å²) in [5, 5.41) is 8.56. The van der Waals surface area contributed by atoms with Gasteiger partial charge >= 0.3 is 0 Å². The number of rotatable bonds is 2. The third-order valence-corrected chi connectivity index (χ3v) is 1.66. The fraction of sp³-hybridized carbons (Fsp3) is 0.111. The van der Waals surface area contributed by atoms with Crippen LogP contribution in [0.2, 0.25) is 0 Å². The molecule has 0 unspecified atom stereocenters. The molecule has 0 atom stereocenters. The van der Waals surface area contributed by atoms with Crippen molar-refractivity contribution < 1.29 is 4.79 Å². The van der Waals surface area contributed by atoms with E-state index >= 15 is 0 Å². The van der Waals surface area contributed by atoms with E-state index in [4.69, 9.17) is 11.0 Å². The van der Waals surface area contributed by atoms with Gasteiger partial charge in [-0.1, -0.05) is 0 Å². The number of hydrogen-bond donors (Lipinski definition) is 1. The molecular weight excluding hydrogens is 166 g/mol. The Balaban J connectivity index is 3.07. The van der Waals surface area contributed by atoms with Gasteiger partial charge in [0, 0.05) is 18.9 Å². The van der Waals surface area contributed by atoms with Crippen molar-refractivity contribution in [1.29, 1.82) is 5.26 Å². The van der Waals surface area contributed by atoms with Crippen LogP contribution in [0, 0.1) is 11.3 Å². The van der Waals surface area contributed by atoms with Gasteiger partial charge in [0.25, 0.3) is 5.91 Å². The molecule has 1 aromatic heterocycles. The molecule has 0 aliphatic carbocycles. The Labute approximate surface area is 75.9 Å². The van der Waals surface area contributed by atoms with Gasteiger partial charge in [0.05, 0.1) is 0 Å². The van der Waals surface area contributed by atoms with Gasteiger partial charge in [-0.15, -0.1) is 0 Å². The van der Waals surface area contributed by atoms with Crippen molar-refractivity contribution in [3.05, 3.63) is 29.6 Å². The highest BCUT2D eigenvalue weighted by Crippen LogP contribution is 2.05. The summed E-state index contributed by atoms with van der Waals surface area (Å²) in [6, 6.07) is 5.35. The molecule has 1 heterocycles. The lowest BCUT2D eigenvalue weighted by molar-refractivity contribution is -0.114. The third kappa shape index (κ3) is 1.97. The number of carbonyl (C=O) groups excluding carboxylic acids is 1. The number of primary amides is 1. The van der Waals surface area contributed by atoms with Gasteiger partial charge in [-0.05, 0) is 18.2 Å². The second-order valence-corrected chi connectivity index (χ2v) is 2.58. The highest BCUT2D eigenvalue weighted by molar-refractivity contribution is 6.00. The summed E-state index contributed by atoms with van der Waals surface area (Å²) in [7, 11) is 1.82. The number of hydrogen-bond acceptors (Lipinski definition) is 2. The van der Waals surface area contributed by atoms with Crippen molar-refractivity contribution in [3.8, 4) is 6.07 Å². The Kier molecular flexibility index (Phi) is 2.50. The Morgan fingerprint density at radius 2 is 2.46 bits per heavy atom. The quantitative estimate of drug-likeness (QED) is 0.522. The van der Waals surface area contributed by atoms with Gasteiger partial charge in [-0.25, -0.2) is 0 Å². The first kappa shape index (κ1) is 9.07. The molecule has 1 amide bonds. The molecule has 1 aromatic rings. The van der Waals surface area contributed by atoms with Crippen LogP contribution in [0.5, 0.6) is 0 Å². The smallest absolute Gasteiger partial charge is 0.259 e. The lowest BCUT2D eigenvalue weighted by Gasteiger charge is -1.96. The predicted molar refractivity (Wildman–Crippen MR) is 48.2 cm³/mol. The first-order chi connectivity index (χ1) is 6.15. The van der Waals surface area contributed by atoms with E-state index in [0.29, 0.717) is 0 Å². The minimum atomic E-state index is -0.705. The maximum absolute atomic E-state index is 10.7. The fourth-order valence-corrected chi connectivity index (χ4v) is 0.931. The first-order valence-corrected chi connectivity index (χ1v) is 3.68. The van der Waals surface area contributed by atoms with E-state index in [0.717, 1.165) is 5.69 Å². The number of aromatic nitrogens is 1. The standard InChI is InChI=1S/C9H9N3O/c1-12-4-2-3-8(12)5-7(6-10)9(11)13/h2-5H,1H3,(H2,11,13)/b7-5+. The van der Waals surface area contributed by atoms with Crippen LogP contribution >= 0.6 is 0 Å². The molecule has 1 rings (SSSR count). The molecule has 13 heavy (non-hydrogen) atoms. The topological polar surface area (TPSA) is 71.8 Å². The summed E-state index contributed by atoms with van der Waals surface area (Å²) >= 11 is 0. The number of aryl methyl sites for hydroxylation is 1. The van der Waals surface area contributed by atoms with Gasteiger partial charge in [0.2, 0.25) is 0 Å². The van der Waals surface area contributed by atoms with Crippen LogP contribution in [0.3, 0.4) is 0 Å². The predicted octanol–water partition coefficient (Wildman–Crippen LogP) is 0.417. The van der Waals surface area contributed by atoms with Crippen LogP contribution in [0.1, 0.15) is 5.69 Å². The molecule has 0 bridgehead atoms. The van der Waals surface area contributed by atoms with Gasteiger partial charge in [-0.2, -0.15) is 5.26 Å². The lowest BCUT2D eigenvalue weighted by Crippen LogP contribution is -2.12. The van der Waals surface area contributed by atoms with E-state index in [2.05, 4.69) is 0 Å². The number of nitriles is 1. The Morgan fingerprint density at radius 3 is 2.85 bits per heavy atom. The van der Waals surface area contributed by atoms with Crippen molar-refractivity contribution >= 4 is 12.0 Å². The van der Waals surface area contributed by atoms with Crippen molar-refractivity contribution in [2.45, 2.75) is 0 Å². The summed E-state index contributed by atoms with van der Waals surface area (Å²) < 4.78 is 1.79. The van der Waals surface area contributed by atoms with Gasteiger partial charge < -0.3 is 10.3 Å². The maximum atomic E-state index is 10.7. The van der Waals surface area contributed by atoms with Crippen LogP contribution in [-0.4, -0.2) is 10.5 Å². The van der Waals surface area contributed by atoms with Crippen LogP contribution in [0.15, 0.2) is 23.9 Å². The summed E-state index contributed by atoms with van der Waals surface area (Å²) in [6.45, 7) is 0. The Hall–Kier alpha value is -2.02. The molecule has 4 nitrogen and oxygen atoms in total. The fourth-order valence-electron chi connectivity index (χ4n) is 0.931. The molecule has 0 aliphatic heterocycles. The maximum Gasteiger partial charge on any atom is 0.259 e. The summed E-state index contributed by atoms with van der Waals surface area (Å²) in [5.41, 5.74) is 5.71. The van der Waals surface area contributed by atoms with Gasteiger partial charge in [0.1, 0.15) is 11.6 Å². The molecule has 0 saturated heterocycles. The Bertz CT molecular complexity index is 395. The zero-order valence-electron chi connectivity index (χ0n) is 7.19. The van der Waals surface area contributed by atoms with Crippen molar-refractivity contribution in [2.24, 2.45) is 12.8 Å². The largest absolute Gasteiger partial charge is 0.365 e. The minimum Gasteiger partial charge on any atom is -0.365 e. The molecule has 0 spiro atoms. The zero-order chi connectivity index (χ0) is 9.84. The second-order valence-electron chi connectivity index (χ2n) is 2.58. The van der Waals surface area contributed by atoms with E-state index in [1.807, 2.05) is 19.3 Å². The molecule has 66 valence electrons. The molecular formula is C9H9N3O. The lowest BCUT2D eigenvalue weighted by atomic mass is 10.2. The number of carbonyl (C=O) groups is 1. The van der Waals surface area contributed by atoms with Crippen molar-refractivity contribution in [2.75, 3.05) is 0 Å². The zero-order valence-corrected chi connectivity index (χ0v) is 7.19.